The molecule has 2 aliphatic rings. The van der Waals surface area contributed by atoms with E-state index in [4.69, 9.17) is 23.2 Å². The zero-order chi connectivity index (χ0) is 16.2. The molecular weight excluding hydrogens is 331 g/mol. The predicted octanol–water partition coefficient (Wildman–Crippen LogP) is 4.22. The molecule has 0 spiro atoms. The molecule has 3 nitrogen and oxygen atoms in total. The van der Waals surface area contributed by atoms with Crippen molar-refractivity contribution in [1.29, 1.82) is 0 Å². The summed E-state index contributed by atoms with van der Waals surface area (Å²) in [5.41, 5.74) is 1.09. The molecule has 0 aliphatic carbocycles. The van der Waals surface area contributed by atoms with E-state index in [9.17, 15) is 4.79 Å². The molecule has 0 N–H and O–H groups in total. The Kier molecular flexibility index (Phi) is 5.84. The molecule has 23 heavy (non-hydrogen) atoms. The lowest BCUT2D eigenvalue weighted by Gasteiger charge is -2.36. The number of nitrogens with zero attached hydrogens (tertiary/aromatic N) is 2. The summed E-state index contributed by atoms with van der Waals surface area (Å²) in [4.78, 5) is 17.1. The van der Waals surface area contributed by atoms with E-state index in [-0.39, 0.29) is 5.92 Å². The summed E-state index contributed by atoms with van der Waals surface area (Å²) < 4.78 is 0. The Morgan fingerprint density at radius 3 is 2.61 bits per heavy atom. The number of rotatable bonds is 3. The van der Waals surface area contributed by atoms with Gasteiger partial charge in [0.2, 0.25) is 5.91 Å². The van der Waals surface area contributed by atoms with Crippen LogP contribution in [0.2, 0.25) is 10.0 Å². The minimum absolute atomic E-state index is 0.146. The lowest BCUT2D eigenvalue weighted by molar-refractivity contribution is -0.138. The van der Waals surface area contributed by atoms with Crippen molar-refractivity contribution in [2.75, 3.05) is 26.2 Å². The number of likely N-dealkylation sites (tertiary alicyclic amines) is 2. The van der Waals surface area contributed by atoms with E-state index in [1.165, 1.54) is 6.42 Å². The molecule has 5 heteroatoms. The van der Waals surface area contributed by atoms with E-state index < -0.39 is 0 Å². The van der Waals surface area contributed by atoms with Gasteiger partial charge in [-0.25, -0.2) is 0 Å². The molecule has 0 saturated carbocycles. The first kappa shape index (κ1) is 17.1. The van der Waals surface area contributed by atoms with Gasteiger partial charge in [0.25, 0.3) is 0 Å². The van der Waals surface area contributed by atoms with Crippen LogP contribution in [0.5, 0.6) is 0 Å². The summed E-state index contributed by atoms with van der Waals surface area (Å²) >= 11 is 12.2. The highest BCUT2D eigenvalue weighted by Crippen LogP contribution is 2.26. The summed E-state index contributed by atoms with van der Waals surface area (Å²) in [5.74, 6) is 0.504. The van der Waals surface area contributed by atoms with Gasteiger partial charge in [-0.2, -0.15) is 0 Å². The third kappa shape index (κ3) is 4.40. The molecule has 2 heterocycles. The van der Waals surface area contributed by atoms with Gasteiger partial charge < -0.3 is 4.90 Å². The van der Waals surface area contributed by atoms with E-state index in [2.05, 4.69) is 9.80 Å². The van der Waals surface area contributed by atoms with Gasteiger partial charge in [0.05, 0.1) is 5.92 Å². The number of hydrogen-bond donors (Lipinski definition) is 0. The first-order chi connectivity index (χ1) is 11.1. The molecule has 2 fully saturated rings. The number of piperidine rings is 2. The topological polar surface area (TPSA) is 23.6 Å². The number of carbonyl (C=O) groups excluding carboxylic acids is 1. The standard InChI is InChI=1S/C18H24Cl2N2O/c19-16-7-6-14(17(20)11-16)12-21-8-4-5-15(13-21)18(23)22-9-2-1-3-10-22/h6-7,11,15H,1-5,8-10,12-13H2/t15-/m1/s1. The average molecular weight is 355 g/mol. The van der Waals surface area contributed by atoms with Crippen LogP contribution < -0.4 is 0 Å². The van der Waals surface area contributed by atoms with Gasteiger partial charge >= 0.3 is 0 Å². The Morgan fingerprint density at radius 2 is 1.87 bits per heavy atom. The lowest BCUT2D eigenvalue weighted by Crippen LogP contribution is -2.46. The zero-order valence-electron chi connectivity index (χ0n) is 13.4. The van der Waals surface area contributed by atoms with E-state index in [0.717, 1.165) is 64.0 Å². The number of benzene rings is 1. The van der Waals surface area contributed by atoms with Gasteiger partial charge in [0.15, 0.2) is 0 Å². The highest BCUT2D eigenvalue weighted by Gasteiger charge is 2.30. The molecule has 0 unspecified atom stereocenters. The van der Waals surface area contributed by atoms with Crippen LogP contribution in [0.25, 0.3) is 0 Å². The fourth-order valence-electron chi connectivity index (χ4n) is 3.66. The smallest absolute Gasteiger partial charge is 0.226 e. The molecule has 1 atom stereocenters. The first-order valence-corrected chi connectivity index (χ1v) is 9.34. The summed E-state index contributed by atoms with van der Waals surface area (Å²) in [5, 5.41) is 1.37. The average Bonchev–Trinajstić information content (AvgIpc) is 2.58. The molecule has 2 saturated heterocycles. The van der Waals surface area contributed by atoms with Gasteiger partial charge in [-0.3, -0.25) is 9.69 Å². The van der Waals surface area contributed by atoms with Gasteiger partial charge in [0, 0.05) is 36.2 Å². The second kappa shape index (κ2) is 7.87. The van der Waals surface area contributed by atoms with Crippen LogP contribution in [0.1, 0.15) is 37.7 Å². The van der Waals surface area contributed by atoms with Crippen molar-refractivity contribution in [2.45, 2.75) is 38.6 Å². The summed E-state index contributed by atoms with van der Waals surface area (Å²) in [7, 11) is 0. The van der Waals surface area contributed by atoms with E-state index in [1.807, 2.05) is 12.1 Å². The SMILES string of the molecule is O=C([C@@H]1CCCN(Cc2ccc(Cl)cc2Cl)C1)N1CCCCC1. The Hall–Kier alpha value is -0.770. The second-order valence-corrected chi connectivity index (χ2v) is 7.54. The summed E-state index contributed by atoms with van der Waals surface area (Å²) in [6.07, 6.45) is 5.66. The molecule has 1 amide bonds. The Bertz CT molecular complexity index is 558. The minimum atomic E-state index is 0.146. The fourth-order valence-corrected chi connectivity index (χ4v) is 4.13. The summed E-state index contributed by atoms with van der Waals surface area (Å²) in [6.45, 7) is 4.55. The van der Waals surface area contributed by atoms with Crippen LogP contribution in [0.4, 0.5) is 0 Å². The van der Waals surface area contributed by atoms with Crippen molar-refractivity contribution >= 4 is 29.1 Å². The maximum atomic E-state index is 12.7. The third-order valence-corrected chi connectivity index (χ3v) is 5.52. The molecule has 0 aromatic heterocycles. The van der Waals surface area contributed by atoms with Crippen molar-refractivity contribution in [3.05, 3.63) is 33.8 Å². The number of hydrogen-bond acceptors (Lipinski definition) is 2. The van der Waals surface area contributed by atoms with E-state index in [1.54, 1.807) is 6.07 Å². The first-order valence-electron chi connectivity index (χ1n) is 8.58. The molecule has 2 aliphatic heterocycles. The largest absolute Gasteiger partial charge is 0.342 e. The van der Waals surface area contributed by atoms with Crippen LogP contribution in [0.15, 0.2) is 18.2 Å². The monoisotopic (exact) mass is 354 g/mol. The molecular formula is C18H24Cl2N2O. The van der Waals surface area contributed by atoms with Crippen molar-refractivity contribution in [3.63, 3.8) is 0 Å². The molecule has 1 aromatic rings. The highest BCUT2D eigenvalue weighted by molar-refractivity contribution is 6.35. The Balaban J connectivity index is 1.60. The number of halogens is 2. The Morgan fingerprint density at radius 1 is 1.09 bits per heavy atom. The molecule has 3 rings (SSSR count). The maximum Gasteiger partial charge on any atom is 0.226 e. The van der Waals surface area contributed by atoms with Gasteiger partial charge in [0.1, 0.15) is 0 Å². The van der Waals surface area contributed by atoms with Crippen LogP contribution in [0, 0.1) is 5.92 Å². The van der Waals surface area contributed by atoms with Crippen LogP contribution in [-0.4, -0.2) is 41.9 Å². The molecule has 0 radical (unpaired) electrons. The highest BCUT2D eigenvalue weighted by atomic mass is 35.5. The molecule has 126 valence electrons. The van der Waals surface area contributed by atoms with Crippen molar-refractivity contribution in [2.24, 2.45) is 5.92 Å². The molecule has 1 aromatic carbocycles. The number of carbonyl (C=O) groups is 1. The van der Waals surface area contributed by atoms with Crippen LogP contribution in [0.3, 0.4) is 0 Å². The van der Waals surface area contributed by atoms with Crippen molar-refractivity contribution < 1.29 is 4.79 Å². The van der Waals surface area contributed by atoms with E-state index in [0.29, 0.717) is 16.0 Å². The van der Waals surface area contributed by atoms with Crippen molar-refractivity contribution in [3.8, 4) is 0 Å². The van der Waals surface area contributed by atoms with Crippen molar-refractivity contribution in [1.82, 2.24) is 9.80 Å². The van der Waals surface area contributed by atoms with Gasteiger partial charge in [-0.15, -0.1) is 0 Å². The van der Waals surface area contributed by atoms with E-state index >= 15 is 0 Å². The maximum absolute atomic E-state index is 12.7. The zero-order valence-corrected chi connectivity index (χ0v) is 15.0. The lowest BCUT2D eigenvalue weighted by atomic mass is 9.95. The van der Waals surface area contributed by atoms with Gasteiger partial charge in [-0.1, -0.05) is 29.3 Å². The predicted molar refractivity (Wildman–Crippen MR) is 94.9 cm³/mol. The summed E-state index contributed by atoms with van der Waals surface area (Å²) in [6, 6.07) is 5.66. The normalized spacial score (nSPS) is 23.0. The quantitative estimate of drug-likeness (QED) is 0.811. The third-order valence-electron chi connectivity index (χ3n) is 4.93. The van der Waals surface area contributed by atoms with Gasteiger partial charge in [-0.05, 0) is 56.3 Å². The fraction of sp³-hybridized carbons (Fsp3) is 0.611. The minimum Gasteiger partial charge on any atom is -0.342 e. The number of amides is 1. The molecule has 0 bridgehead atoms. The Labute approximate surface area is 148 Å². The van der Waals surface area contributed by atoms with Crippen LogP contribution in [-0.2, 0) is 11.3 Å². The van der Waals surface area contributed by atoms with Crippen LogP contribution >= 0.6 is 23.2 Å². The second-order valence-electron chi connectivity index (χ2n) is 6.70.